The Balaban J connectivity index is 1.57. The van der Waals surface area contributed by atoms with Crippen molar-refractivity contribution in [1.82, 2.24) is 19.7 Å². The lowest BCUT2D eigenvalue weighted by Crippen LogP contribution is -2.44. The van der Waals surface area contributed by atoms with Gasteiger partial charge in [-0.2, -0.15) is 13.2 Å². The van der Waals surface area contributed by atoms with Crippen LogP contribution in [0.5, 0.6) is 0 Å². The summed E-state index contributed by atoms with van der Waals surface area (Å²) in [5.74, 6) is 0.303. The number of carbonyl (C=O) groups is 1. The standard InChI is InChI=1S/C24H24ClF3N4O2/c1-23(2,17-4-3-5-18(12-17)24(26,27)28)29-20(33)14-32-22(34)31(13-15-6-7-15)21(30-32)16-8-10-19(25)11-9-16/h3-5,8-12,15H,6-7,13-14H2,1-2H3,(H,29,33). The number of halogens is 4. The van der Waals surface area contributed by atoms with Gasteiger partial charge in [0.25, 0.3) is 0 Å². The molecule has 1 aliphatic carbocycles. The van der Waals surface area contributed by atoms with E-state index in [1.807, 2.05) is 0 Å². The minimum Gasteiger partial charge on any atom is -0.346 e. The zero-order valence-electron chi connectivity index (χ0n) is 18.7. The lowest BCUT2D eigenvalue weighted by atomic mass is 9.92. The van der Waals surface area contributed by atoms with Crippen molar-refractivity contribution >= 4 is 17.5 Å². The van der Waals surface area contributed by atoms with Gasteiger partial charge in [-0.05, 0) is 74.6 Å². The minimum atomic E-state index is -4.49. The van der Waals surface area contributed by atoms with E-state index in [0.717, 1.165) is 29.7 Å². The molecule has 10 heteroatoms. The van der Waals surface area contributed by atoms with E-state index in [-0.39, 0.29) is 6.54 Å². The Kier molecular flexibility index (Phi) is 6.33. The maximum Gasteiger partial charge on any atom is 0.416 e. The number of carbonyl (C=O) groups excluding carboxylic acids is 1. The predicted octanol–water partition coefficient (Wildman–Crippen LogP) is 4.85. The molecule has 1 fully saturated rings. The van der Waals surface area contributed by atoms with Crippen molar-refractivity contribution in [2.24, 2.45) is 5.92 Å². The summed E-state index contributed by atoms with van der Waals surface area (Å²) < 4.78 is 42.0. The molecule has 3 aromatic rings. The van der Waals surface area contributed by atoms with Crippen LogP contribution >= 0.6 is 11.6 Å². The fourth-order valence-corrected chi connectivity index (χ4v) is 3.89. The third kappa shape index (κ3) is 5.35. The van der Waals surface area contributed by atoms with Gasteiger partial charge >= 0.3 is 11.9 Å². The Morgan fingerprint density at radius 1 is 1.12 bits per heavy atom. The number of alkyl halides is 3. The van der Waals surface area contributed by atoms with E-state index in [2.05, 4.69) is 10.4 Å². The number of rotatable bonds is 7. The molecule has 2 aromatic carbocycles. The summed E-state index contributed by atoms with van der Waals surface area (Å²) in [5, 5.41) is 7.67. The molecule has 1 N–H and O–H groups in total. The number of hydrogen-bond acceptors (Lipinski definition) is 3. The SMILES string of the molecule is CC(C)(NC(=O)Cn1nc(-c2ccc(Cl)cc2)n(CC2CC2)c1=O)c1cccc(C(F)(F)F)c1. The third-order valence-electron chi connectivity index (χ3n) is 5.82. The van der Waals surface area contributed by atoms with Crippen LogP contribution in [0, 0.1) is 5.92 Å². The normalized spacial score (nSPS) is 14.3. The van der Waals surface area contributed by atoms with E-state index in [0.29, 0.717) is 34.4 Å². The summed E-state index contributed by atoms with van der Waals surface area (Å²) in [6.45, 7) is 3.36. The smallest absolute Gasteiger partial charge is 0.346 e. The number of amides is 1. The Morgan fingerprint density at radius 2 is 1.76 bits per heavy atom. The second kappa shape index (κ2) is 8.94. The molecule has 180 valence electrons. The van der Waals surface area contributed by atoms with Crippen molar-refractivity contribution < 1.29 is 18.0 Å². The van der Waals surface area contributed by atoms with Gasteiger partial charge in [-0.25, -0.2) is 9.48 Å². The van der Waals surface area contributed by atoms with Crippen LogP contribution in [0.2, 0.25) is 5.02 Å². The highest BCUT2D eigenvalue weighted by molar-refractivity contribution is 6.30. The molecule has 1 amide bonds. The van der Waals surface area contributed by atoms with Crippen molar-refractivity contribution in [2.45, 2.75) is 51.5 Å². The van der Waals surface area contributed by atoms with Gasteiger partial charge in [-0.15, -0.1) is 5.10 Å². The van der Waals surface area contributed by atoms with Crippen molar-refractivity contribution in [1.29, 1.82) is 0 Å². The molecule has 6 nitrogen and oxygen atoms in total. The average molecular weight is 493 g/mol. The second-order valence-corrected chi connectivity index (χ2v) is 9.51. The first-order valence-corrected chi connectivity index (χ1v) is 11.2. The van der Waals surface area contributed by atoms with E-state index in [9.17, 15) is 22.8 Å². The monoisotopic (exact) mass is 492 g/mol. The lowest BCUT2D eigenvalue weighted by molar-refractivity contribution is -0.137. The van der Waals surface area contributed by atoms with Gasteiger partial charge in [-0.3, -0.25) is 9.36 Å². The highest BCUT2D eigenvalue weighted by atomic mass is 35.5. The van der Waals surface area contributed by atoms with Crippen molar-refractivity contribution in [3.63, 3.8) is 0 Å². The average Bonchev–Trinajstić information content (AvgIpc) is 3.54. The van der Waals surface area contributed by atoms with Crippen LogP contribution in [-0.2, 0) is 29.6 Å². The van der Waals surface area contributed by atoms with Crippen LogP contribution in [-0.4, -0.2) is 20.3 Å². The summed E-state index contributed by atoms with van der Waals surface area (Å²) in [6.07, 6.45) is -2.43. The van der Waals surface area contributed by atoms with Crippen LogP contribution in [0.25, 0.3) is 11.4 Å². The molecule has 0 bridgehead atoms. The van der Waals surface area contributed by atoms with Crippen LogP contribution in [0.4, 0.5) is 13.2 Å². The van der Waals surface area contributed by atoms with Crippen LogP contribution in [0.3, 0.4) is 0 Å². The molecule has 34 heavy (non-hydrogen) atoms. The Bertz CT molecular complexity index is 1260. The van der Waals surface area contributed by atoms with E-state index < -0.39 is 28.9 Å². The Labute approximate surface area is 199 Å². The van der Waals surface area contributed by atoms with Gasteiger partial charge in [0.2, 0.25) is 5.91 Å². The summed E-state index contributed by atoms with van der Waals surface area (Å²) in [4.78, 5) is 25.9. The first kappa shape index (κ1) is 24.1. The van der Waals surface area contributed by atoms with Gasteiger partial charge in [-0.1, -0.05) is 23.7 Å². The molecule has 0 saturated heterocycles. The zero-order chi connectivity index (χ0) is 24.7. The summed E-state index contributed by atoms with van der Waals surface area (Å²) in [7, 11) is 0. The highest BCUT2D eigenvalue weighted by Gasteiger charge is 2.33. The molecular weight excluding hydrogens is 469 g/mol. The molecule has 1 saturated carbocycles. The first-order chi connectivity index (χ1) is 15.9. The van der Waals surface area contributed by atoms with Gasteiger partial charge in [0.05, 0.1) is 11.1 Å². The molecule has 0 atom stereocenters. The number of hydrogen-bond donors (Lipinski definition) is 1. The molecular formula is C24H24ClF3N4O2. The van der Waals surface area contributed by atoms with Crippen LogP contribution < -0.4 is 11.0 Å². The number of nitrogens with one attached hydrogen (secondary N) is 1. The van der Waals surface area contributed by atoms with Gasteiger partial charge in [0.1, 0.15) is 6.54 Å². The van der Waals surface area contributed by atoms with E-state index in [1.54, 1.807) is 42.7 Å². The van der Waals surface area contributed by atoms with Crippen molar-refractivity contribution in [3.8, 4) is 11.4 Å². The largest absolute Gasteiger partial charge is 0.416 e. The Morgan fingerprint density at radius 3 is 2.38 bits per heavy atom. The summed E-state index contributed by atoms with van der Waals surface area (Å²) in [6, 6.07) is 11.7. The number of nitrogens with zero attached hydrogens (tertiary/aromatic N) is 3. The maximum absolute atomic E-state index is 13.1. The molecule has 1 heterocycles. The second-order valence-electron chi connectivity index (χ2n) is 9.08. The fourth-order valence-electron chi connectivity index (χ4n) is 3.76. The topological polar surface area (TPSA) is 68.9 Å². The Hall–Kier alpha value is -3.07. The quantitative estimate of drug-likeness (QED) is 0.513. The molecule has 0 aliphatic heterocycles. The zero-order valence-corrected chi connectivity index (χ0v) is 19.5. The fraction of sp³-hybridized carbons (Fsp3) is 0.375. The third-order valence-corrected chi connectivity index (χ3v) is 6.07. The van der Waals surface area contributed by atoms with Crippen LogP contribution in [0.15, 0.2) is 53.3 Å². The molecule has 0 spiro atoms. The molecule has 0 unspecified atom stereocenters. The highest BCUT2D eigenvalue weighted by Crippen LogP contribution is 2.33. The van der Waals surface area contributed by atoms with Gasteiger partial charge in [0, 0.05) is 17.1 Å². The molecule has 1 aromatic heterocycles. The van der Waals surface area contributed by atoms with Crippen molar-refractivity contribution in [3.05, 3.63) is 75.2 Å². The van der Waals surface area contributed by atoms with Gasteiger partial charge in [0.15, 0.2) is 5.82 Å². The molecule has 0 radical (unpaired) electrons. The van der Waals surface area contributed by atoms with Gasteiger partial charge < -0.3 is 5.32 Å². The summed E-state index contributed by atoms with van der Waals surface area (Å²) >= 11 is 5.98. The minimum absolute atomic E-state index is 0.295. The van der Waals surface area contributed by atoms with E-state index >= 15 is 0 Å². The molecule has 1 aliphatic rings. The van der Waals surface area contributed by atoms with E-state index in [4.69, 9.17) is 11.6 Å². The first-order valence-electron chi connectivity index (χ1n) is 10.9. The lowest BCUT2D eigenvalue weighted by Gasteiger charge is -2.27. The predicted molar refractivity (Wildman–Crippen MR) is 122 cm³/mol. The summed E-state index contributed by atoms with van der Waals surface area (Å²) in [5.41, 5.74) is -1.31. The number of aromatic nitrogens is 3. The molecule has 4 rings (SSSR count). The number of benzene rings is 2. The van der Waals surface area contributed by atoms with Crippen LogP contribution in [0.1, 0.15) is 37.8 Å². The van der Waals surface area contributed by atoms with Crippen molar-refractivity contribution in [2.75, 3.05) is 0 Å². The maximum atomic E-state index is 13.1. The van der Waals surface area contributed by atoms with E-state index in [1.165, 1.54) is 12.1 Å².